The fourth-order valence-corrected chi connectivity index (χ4v) is 1.62. The first-order valence-corrected chi connectivity index (χ1v) is 5.10. The fraction of sp³-hybridized carbons (Fsp3) is 0.200. The Labute approximate surface area is 110 Å². The van der Waals surface area contributed by atoms with E-state index in [1.165, 1.54) is 0 Å². The second-order valence-corrected chi connectivity index (χ2v) is 3.76. The zero-order chi connectivity index (χ0) is 15.4. The van der Waals surface area contributed by atoms with Crippen LogP contribution in [-0.4, -0.2) is 32.0 Å². The van der Waals surface area contributed by atoms with E-state index in [4.69, 9.17) is 10.2 Å². The van der Waals surface area contributed by atoms with Crippen molar-refractivity contribution in [2.24, 2.45) is 0 Å². The van der Waals surface area contributed by atoms with Crippen molar-refractivity contribution in [2.75, 3.05) is 0 Å². The molecule has 0 aromatic heterocycles. The Morgan fingerprint density at radius 3 is 1.50 bits per heavy atom. The highest BCUT2D eigenvalue weighted by Gasteiger charge is 2.26. The van der Waals surface area contributed by atoms with Gasteiger partial charge in [0.2, 0.25) is 0 Å². The van der Waals surface area contributed by atoms with Crippen molar-refractivity contribution < 1.29 is 29.6 Å². The lowest BCUT2D eigenvalue weighted by Crippen LogP contribution is -2.09. The van der Waals surface area contributed by atoms with Crippen LogP contribution in [0, 0.1) is 20.2 Å². The Bertz CT molecular complexity index is 560. The summed E-state index contributed by atoms with van der Waals surface area (Å²) in [6.45, 7) is 0. The highest BCUT2D eigenvalue weighted by atomic mass is 16.6. The number of benzene rings is 1. The molecule has 0 saturated heterocycles. The van der Waals surface area contributed by atoms with E-state index >= 15 is 0 Å². The first-order chi connectivity index (χ1) is 9.22. The highest BCUT2D eigenvalue weighted by molar-refractivity contribution is 5.76. The van der Waals surface area contributed by atoms with Gasteiger partial charge in [0, 0.05) is 11.1 Å². The predicted molar refractivity (Wildman–Crippen MR) is 62.4 cm³/mol. The summed E-state index contributed by atoms with van der Waals surface area (Å²) in [7, 11) is 0. The predicted octanol–water partition coefficient (Wildman–Crippen LogP) is 0.757. The molecule has 1 aromatic carbocycles. The van der Waals surface area contributed by atoms with E-state index in [1.54, 1.807) is 0 Å². The number of hydrogen-bond donors (Lipinski definition) is 2. The first-order valence-electron chi connectivity index (χ1n) is 5.10. The number of nitro groups is 2. The fourth-order valence-electron chi connectivity index (χ4n) is 1.62. The van der Waals surface area contributed by atoms with Crippen LogP contribution in [0.1, 0.15) is 11.1 Å². The Kier molecular flexibility index (Phi) is 4.31. The molecular weight excluding hydrogens is 276 g/mol. The van der Waals surface area contributed by atoms with Crippen molar-refractivity contribution in [1.82, 2.24) is 0 Å². The third-order valence-corrected chi connectivity index (χ3v) is 2.36. The molecule has 0 aliphatic heterocycles. The van der Waals surface area contributed by atoms with Gasteiger partial charge in [-0.1, -0.05) is 0 Å². The van der Waals surface area contributed by atoms with E-state index in [0.29, 0.717) is 6.07 Å². The average Bonchev–Trinajstić information content (AvgIpc) is 2.26. The van der Waals surface area contributed by atoms with Gasteiger partial charge in [0.15, 0.2) is 0 Å². The minimum atomic E-state index is -1.37. The normalized spacial score (nSPS) is 10.0. The lowest BCUT2D eigenvalue weighted by Gasteiger charge is -2.05. The van der Waals surface area contributed by atoms with Gasteiger partial charge in [-0.05, 0) is 6.07 Å². The number of aliphatic carboxylic acids is 2. The van der Waals surface area contributed by atoms with Crippen LogP contribution >= 0.6 is 0 Å². The van der Waals surface area contributed by atoms with E-state index in [0.717, 1.165) is 6.07 Å². The van der Waals surface area contributed by atoms with Crippen molar-refractivity contribution in [1.29, 1.82) is 0 Å². The van der Waals surface area contributed by atoms with Gasteiger partial charge in [0.1, 0.15) is 0 Å². The van der Waals surface area contributed by atoms with Gasteiger partial charge in [0.05, 0.1) is 28.8 Å². The van der Waals surface area contributed by atoms with E-state index < -0.39 is 46.0 Å². The molecule has 0 fully saturated rings. The van der Waals surface area contributed by atoms with E-state index in [9.17, 15) is 29.8 Å². The summed E-state index contributed by atoms with van der Waals surface area (Å²) in [6, 6.07) is 1.45. The van der Waals surface area contributed by atoms with Gasteiger partial charge in [-0.2, -0.15) is 0 Å². The van der Waals surface area contributed by atoms with Crippen LogP contribution in [0.4, 0.5) is 11.4 Å². The molecule has 10 heteroatoms. The number of hydrogen-bond acceptors (Lipinski definition) is 6. The molecule has 0 aliphatic rings. The number of nitro benzene ring substituents is 2. The quantitative estimate of drug-likeness (QED) is 0.571. The van der Waals surface area contributed by atoms with Crippen molar-refractivity contribution in [3.63, 3.8) is 0 Å². The molecule has 0 aliphatic carbocycles. The van der Waals surface area contributed by atoms with Gasteiger partial charge in [0.25, 0.3) is 11.4 Å². The van der Waals surface area contributed by atoms with E-state index in [1.807, 2.05) is 0 Å². The molecule has 10 nitrogen and oxygen atoms in total. The molecule has 0 atom stereocenters. The molecule has 106 valence electrons. The Morgan fingerprint density at radius 1 is 0.900 bits per heavy atom. The SMILES string of the molecule is O=C(O)Cc1cc(CC(=O)O)c([N+](=O)[O-])cc1[N+](=O)[O-]. The molecule has 1 aromatic rings. The van der Waals surface area contributed by atoms with Crippen LogP contribution < -0.4 is 0 Å². The third-order valence-electron chi connectivity index (χ3n) is 2.36. The van der Waals surface area contributed by atoms with Crippen LogP contribution in [0.5, 0.6) is 0 Å². The lowest BCUT2D eigenvalue weighted by molar-refractivity contribution is -0.395. The minimum Gasteiger partial charge on any atom is -0.481 e. The maximum Gasteiger partial charge on any atom is 0.308 e. The third kappa shape index (κ3) is 3.48. The van der Waals surface area contributed by atoms with Crippen LogP contribution in [0.25, 0.3) is 0 Å². The summed E-state index contributed by atoms with van der Waals surface area (Å²) in [6.07, 6.45) is -1.47. The van der Waals surface area contributed by atoms with Gasteiger partial charge in [-0.3, -0.25) is 29.8 Å². The Morgan fingerprint density at radius 2 is 1.25 bits per heavy atom. The molecule has 1 rings (SSSR count). The molecule has 0 saturated carbocycles. The van der Waals surface area contributed by atoms with Crippen molar-refractivity contribution in [3.8, 4) is 0 Å². The molecule has 0 amide bonds. The maximum absolute atomic E-state index is 10.8. The molecule has 0 spiro atoms. The van der Waals surface area contributed by atoms with E-state index in [2.05, 4.69) is 0 Å². The summed E-state index contributed by atoms with van der Waals surface area (Å²) < 4.78 is 0. The van der Waals surface area contributed by atoms with Crippen LogP contribution in [0.2, 0.25) is 0 Å². The van der Waals surface area contributed by atoms with E-state index in [-0.39, 0.29) is 11.1 Å². The number of carboxylic acid groups (broad SMARTS) is 2. The summed E-state index contributed by atoms with van der Waals surface area (Å²) in [4.78, 5) is 40.9. The maximum atomic E-state index is 10.8. The first kappa shape index (κ1) is 15.0. The minimum absolute atomic E-state index is 0.288. The number of nitrogens with zero attached hydrogens (tertiary/aromatic N) is 2. The van der Waals surface area contributed by atoms with Crippen LogP contribution in [0.15, 0.2) is 12.1 Å². The smallest absolute Gasteiger partial charge is 0.308 e. The molecular formula is C10H8N2O8. The zero-order valence-electron chi connectivity index (χ0n) is 9.81. The molecule has 2 N–H and O–H groups in total. The second-order valence-electron chi connectivity index (χ2n) is 3.76. The lowest BCUT2D eigenvalue weighted by atomic mass is 10.0. The van der Waals surface area contributed by atoms with Gasteiger partial charge in [-0.15, -0.1) is 0 Å². The number of rotatable bonds is 6. The number of carbonyl (C=O) groups is 2. The standard InChI is InChI=1S/C10H8N2O8/c13-9(14)2-5-1-6(3-10(15)16)8(12(19)20)4-7(5)11(17)18/h1,4H,2-3H2,(H,13,14)(H,15,16). The average molecular weight is 284 g/mol. The van der Waals surface area contributed by atoms with Gasteiger partial charge >= 0.3 is 11.9 Å². The summed E-state index contributed by atoms with van der Waals surface area (Å²) in [5.74, 6) is -2.74. The highest BCUT2D eigenvalue weighted by Crippen LogP contribution is 2.29. The number of carboxylic acids is 2. The zero-order valence-corrected chi connectivity index (χ0v) is 9.81. The molecule has 0 heterocycles. The molecule has 0 bridgehead atoms. The second kappa shape index (κ2) is 5.73. The summed E-state index contributed by atoms with van der Waals surface area (Å²) in [5.41, 5.74) is -2.03. The molecule has 0 unspecified atom stereocenters. The Balaban J connectivity index is 3.50. The summed E-state index contributed by atoms with van der Waals surface area (Å²) >= 11 is 0. The van der Waals surface area contributed by atoms with Crippen molar-refractivity contribution >= 4 is 23.3 Å². The van der Waals surface area contributed by atoms with Crippen LogP contribution in [-0.2, 0) is 22.4 Å². The van der Waals surface area contributed by atoms with Gasteiger partial charge in [-0.25, -0.2) is 0 Å². The van der Waals surface area contributed by atoms with Crippen molar-refractivity contribution in [3.05, 3.63) is 43.5 Å². The molecule has 20 heavy (non-hydrogen) atoms. The monoisotopic (exact) mass is 284 g/mol. The summed E-state index contributed by atoms with van der Waals surface area (Å²) in [5, 5.41) is 38.9. The van der Waals surface area contributed by atoms with Crippen LogP contribution in [0.3, 0.4) is 0 Å². The van der Waals surface area contributed by atoms with Gasteiger partial charge < -0.3 is 10.2 Å². The molecule has 0 radical (unpaired) electrons. The largest absolute Gasteiger partial charge is 0.481 e. The topological polar surface area (TPSA) is 161 Å². The van der Waals surface area contributed by atoms with Crippen molar-refractivity contribution in [2.45, 2.75) is 12.8 Å². The Hall–Kier alpha value is -3.04.